The first kappa shape index (κ1) is 29.8. The average Bonchev–Trinajstić information content (AvgIpc) is 3.06. The molecule has 0 atom stereocenters. The number of aromatic nitrogens is 1. The van der Waals surface area contributed by atoms with E-state index in [0.29, 0.717) is 36.5 Å². The molecular weight excluding hydrogens is 573 g/mol. The van der Waals surface area contributed by atoms with E-state index in [0.717, 1.165) is 45.1 Å². The molecule has 7 heteroatoms. The van der Waals surface area contributed by atoms with Crippen molar-refractivity contribution in [1.82, 2.24) is 4.98 Å². The van der Waals surface area contributed by atoms with Crippen LogP contribution in [0.3, 0.4) is 0 Å². The van der Waals surface area contributed by atoms with Crippen LogP contribution in [0, 0.1) is 0 Å². The van der Waals surface area contributed by atoms with Gasteiger partial charge in [-0.2, -0.15) is 13.2 Å². The van der Waals surface area contributed by atoms with Crippen LogP contribution in [0.15, 0.2) is 128 Å². The predicted octanol–water partition coefficient (Wildman–Crippen LogP) is 9.71. The van der Waals surface area contributed by atoms with E-state index in [2.05, 4.69) is 10.3 Å². The van der Waals surface area contributed by atoms with E-state index in [-0.39, 0.29) is 5.52 Å². The van der Waals surface area contributed by atoms with Crippen molar-refractivity contribution in [1.29, 1.82) is 0 Å². The first-order valence-electron chi connectivity index (χ1n) is 14.6. The number of hydrogen-bond donors (Lipinski definition) is 1. The zero-order chi connectivity index (χ0) is 31.2. The van der Waals surface area contributed by atoms with Crippen LogP contribution in [0.25, 0.3) is 22.0 Å². The fraction of sp³-hybridized carbons (Fsp3) is 0.132. The fourth-order valence-electron chi connectivity index (χ4n) is 5.45. The van der Waals surface area contributed by atoms with Crippen LogP contribution in [0.1, 0.15) is 27.8 Å². The molecule has 5 aromatic carbocycles. The Balaban J connectivity index is 1.29. The largest absolute Gasteiger partial charge is 0.493 e. The Hall–Kier alpha value is -5.30. The Morgan fingerprint density at radius 1 is 0.711 bits per heavy atom. The molecule has 45 heavy (non-hydrogen) atoms. The summed E-state index contributed by atoms with van der Waals surface area (Å²) in [6.45, 7) is 0.937. The van der Waals surface area contributed by atoms with Crippen molar-refractivity contribution in [3.8, 4) is 22.6 Å². The number of rotatable bonds is 10. The summed E-state index contributed by atoms with van der Waals surface area (Å²) in [7, 11) is 1.61. The van der Waals surface area contributed by atoms with Crippen molar-refractivity contribution < 1.29 is 22.6 Å². The molecule has 0 aliphatic carbocycles. The predicted molar refractivity (Wildman–Crippen MR) is 173 cm³/mol. The van der Waals surface area contributed by atoms with Gasteiger partial charge >= 0.3 is 6.18 Å². The lowest BCUT2D eigenvalue weighted by Gasteiger charge is -2.17. The number of alkyl halides is 3. The van der Waals surface area contributed by atoms with Crippen LogP contribution in [0.4, 0.5) is 18.9 Å². The topological polar surface area (TPSA) is 43.4 Å². The maximum atomic E-state index is 14.0. The molecule has 0 fully saturated rings. The number of ether oxygens (including phenoxy) is 2. The monoisotopic (exact) mass is 604 g/mol. The first-order chi connectivity index (χ1) is 21.9. The number of nitrogens with one attached hydrogen (secondary N) is 1. The highest BCUT2D eigenvalue weighted by Gasteiger charge is 2.33. The lowest BCUT2D eigenvalue weighted by atomic mass is 9.91. The molecule has 0 unspecified atom stereocenters. The number of halogens is 3. The molecule has 1 N–H and O–H groups in total. The Morgan fingerprint density at radius 2 is 1.44 bits per heavy atom. The number of methoxy groups -OCH3 is 1. The molecule has 0 saturated heterocycles. The summed E-state index contributed by atoms with van der Waals surface area (Å²) < 4.78 is 53.5. The van der Waals surface area contributed by atoms with E-state index in [1.807, 2.05) is 103 Å². The Kier molecular flexibility index (Phi) is 8.69. The van der Waals surface area contributed by atoms with Crippen LogP contribution in [0.2, 0.25) is 0 Å². The zero-order valence-corrected chi connectivity index (χ0v) is 24.6. The third-order valence-corrected chi connectivity index (χ3v) is 7.63. The quantitative estimate of drug-likeness (QED) is 0.169. The van der Waals surface area contributed by atoms with Gasteiger partial charge in [0.1, 0.15) is 6.61 Å². The maximum absolute atomic E-state index is 14.0. The summed E-state index contributed by atoms with van der Waals surface area (Å²) >= 11 is 0. The zero-order valence-electron chi connectivity index (χ0n) is 24.6. The number of pyridine rings is 1. The summed E-state index contributed by atoms with van der Waals surface area (Å²) in [5.74, 6) is 1.29. The lowest BCUT2D eigenvalue weighted by Crippen LogP contribution is -2.07. The van der Waals surface area contributed by atoms with Crippen molar-refractivity contribution in [3.63, 3.8) is 0 Å². The Morgan fingerprint density at radius 3 is 2.18 bits per heavy atom. The van der Waals surface area contributed by atoms with Crippen molar-refractivity contribution in [3.05, 3.63) is 155 Å². The third-order valence-electron chi connectivity index (χ3n) is 7.63. The first-order valence-corrected chi connectivity index (χ1v) is 14.6. The van der Waals surface area contributed by atoms with Gasteiger partial charge in [0.05, 0.1) is 18.2 Å². The van der Waals surface area contributed by atoms with E-state index in [1.54, 1.807) is 19.4 Å². The van der Waals surface area contributed by atoms with Crippen LogP contribution < -0.4 is 14.8 Å². The second-order valence-corrected chi connectivity index (χ2v) is 10.7. The van der Waals surface area contributed by atoms with Gasteiger partial charge in [0.25, 0.3) is 0 Å². The van der Waals surface area contributed by atoms with Crippen molar-refractivity contribution in [2.75, 3.05) is 12.4 Å². The molecule has 1 heterocycles. The number of nitrogens with zero attached hydrogens (tertiary/aromatic N) is 1. The molecule has 0 aliphatic rings. The van der Waals surface area contributed by atoms with Gasteiger partial charge in [0.2, 0.25) is 0 Å². The molecule has 0 amide bonds. The van der Waals surface area contributed by atoms with Gasteiger partial charge in [-0.3, -0.25) is 4.98 Å². The number of para-hydroxylation sites is 1. The van der Waals surface area contributed by atoms with Gasteiger partial charge in [-0.1, -0.05) is 91.0 Å². The van der Waals surface area contributed by atoms with Gasteiger partial charge < -0.3 is 14.8 Å². The van der Waals surface area contributed by atoms with Crippen LogP contribution in [0.5, 0.6) is 11.5 Å². The normalized spacial score (nSPS) is 11.4. The van der Waals surface area contributed by atoms with E-state index < -0.39 is 11.7 Å². The molecule has 1 aromatic heterocycles. The van der Waals surface area contributed by atoms with Crippen LogP contribution in [-0.2, 0) is 25.7 Å². The van der Waals surface area contributed by atoms with Gasteiger partial charge in [-0.15, -0.1) is 0 Å². The van der Waals surface area contributed by atoms with Gasteiger partial charge in [-0.25, -0.2) is 0 Å². The molecule has 6 rings (SSSR count). The molecular formula is C38H31F3N2O2. The minimum atomic E-state index is -4.52. The minimum Gasteiger partial charge on any atom is -0.493 e. The molecule has 226 valence electrons. The molecule has 0 aliphatic heterocycles. The van der Waals surface area contributed by atoms with Crippen molar-refractivity contribution >= 4 is 16.6 Å². The average molecular weight is 605 g/mol. The number of benzene rings is 5. The molecule has 0 spiro atoms. The third kappa shape index (κ3) is 6.93. The van der Waals surface area contributed by atoms with Gasteiger partial charge in [-0.05, 0) is 70.1 Å². The number of hydrogen-bond acceptors (Lipinski definition) is 4. The van der Waals surface area contributed by atoms with E-state index in [4.69, 9.17) is 9.47 Å². The van der Waals surface area contributed by atoms with Gasteiger partial charge in [0.15, 0.2) is 11.5 Å². The fourth-order valence-corrected chi connectivity index (χ4v) is 5.45. The number of fused-ring (bicyclic) bond motifs is 1. The SMILES string of the molecule is COc1cc(CNc2cccc(-c3c(Cc4ccccc4)cnc4c(C(F)(F)F)cccc34)c2)ccc1OCc1ccccc1. The number of anilines is 1. The summed E-state index contributed by atoms with van der Waals surface area (Å²) in [6, 6.07) is 37.6. The highest BCUT2D eigenvalue weighted by Crippen LogP contribution is 2.39. The smallest absolute Gasteiger partial charge is 0.418 e. The molecule has 4 nitrogen and oxygen atoms in total. The second kappa shape index (κ2) is 13.1. The maximum Gasteiger partial charge on any atom is 0.418 e. The Labute approximate surface area is 260 Å². The summed E-state index contributed by atoms with van der Waals surface area (Å²) in [5.41, 5.74) is 5.52. The molecule has 6 aromatic rings. The van der Waals surface area contributed by atoms with Crippen LogP contribution in [-0.4, -0.2) is 12.1 Å². The van der Waals surface area contributed by atoms with Crippen molar-refractivity contribution in [2.24, 2.45) is 0 Å². The van der Waals surface area contributed by atoms with Crippen molar-refractivity contribution in [2.45, 2.75) is 25.7 Å². The van der Waals surface area contributed by atoms with Gasteiger partial charge in [0, 0.05) is 23.8 Å². The van der Waals surface area contributed by atoms with Crippen LogP contribution >= 0.6 is 0 Å². The molecule has 0 radical (unpaired) electrons. The van der Waals surface area contributed by atoms with E-state index in [9.17, 15) is 13.2 Å². The summed E-state index contributed by atoms with van der Waals surface area (Å²) in [4.78, 5) is 4.32. The summed E-state index contributed by atoms with van der Waals surface area (Å²) in [6.07, 6.45) is -2.41. The minimum absolute atomic E-state index is 0.0585. The summed E-state index contributed by atoms with van der Waals surface area (Å²) in [5, 5.41) is 3.92. The standard InChI is InChI=1S/C38H31F3N2O2/c1-44-35-21-28(18-19-34(35)45-25-27-12-6-3-7-13-27)23-42-31-15-8-14-29(22-31)36-30(20-26-10-4-2-5-11-26)24-43-37-32(36)16-9-17-33(37)38(39,40)41/h2-19,21-22,24,42H,20,23,25H2,1H3. The molecule has 0 bridgehead atoms. The second-order valence-electron chi connectivity index (χ2n) is 10.7. The van der Waals surface area contributed by atoms with E-state index in [1.165, 1.54) is 6.07 Å². The highest BCUT2D eigenvalue weighted by atomic mass is 19.4. The Bertz CT molecular complexity index is 1910. The lowest BCUT2D eigenvalue weighted by molar-refractivity contribution is -0.136. The van der Waals surface area contributed by atoms with E-state index >= 15 is 0 Å². The highest BCUT2D eigenvalue weighted by molar-refractivity contribution is 5.98. The molecule has 0 saturated carbocycles.